The molecule has 0 spiro atoms. The number of nitrogens with zero attached hydrogens (tertiary/aromatic N) is 1. The highest BCUT2D eigenvalue weighted by Gasteiger charge is 2.36. The minimum Gasteiger partial charge on any atom is -0.207 e. The van der Waals surface area contributed by atoms with Crippen molar-refractivity contribution in [3.63, 3.8) is 0 Å². The predicted octanol–water partition coefficient (Wildman–Crippen LogP) is 3.79. The summed E-state index contributed by atoms with van der Waals surface area (Å²) in [5.41, 5.74) is 0. The Hall–Kier alpha value is -0.210. The molecule has 114 valence electrons. The fourth-order valence-corrected chi connectivity index (χ4v) is 3.48. The number of alkyl halides is 4. The summed E-state index contributed by atoms with van der Waals surface area (Å²) in [5.74, 6) is -0.267. The van der Waals surface area contributed by atoms with Gasteiger partial charge in [-0.25, -0.2) is 8.42 Å². The largest absolute Gasteiger partial charge is 0.402 e. The van der Waals surface area contributed by atoms with Gasteiger partial charge in [0.25, 0.3) is 0 Å². The van der Waals surface area contributed by atoms with Gasteiger partial charge in [0, 0.05) is 12.4 Å². The molecular weight excluding hydrogens is 362 g/mol. The van der Waals surface area contributed by atoms with Gasteiger partial charge < -0.3 is 0 Å². The fourth-order valence-electron chi connectivity index (χ4n) is 1.36. The molecule has 1 aromatic rings. The lowest BCUT2D eigenvalue weighted by atomic mass is 10.4. The molecule has 0 heterocycles. The van der Waals surface area contributed by atoms with E-state index >= 15 is 0 Å². The van der Waals surface area contributed by atoms with Crippen LogP contribution in [0.3, 0.4) is 0 Å². The maximum absolute atomic E-state index is 12.4. The van der Waals surface area contributed by atoms with Crippen LogP contribution in [0.4, 0.5) is 13.2 Å². The molecule has 0 aliphatic rings. The molecule has 0 saturated carbocycles. The molecule has 0 radical (unpaired) electrons. The van der Waals surface area contributed by atoms with Gasteiger partial charge in [-0.15, -0.1) is 11.6 Å². The van der Waals surface area contributed by atoms with Crippen molar-refractivity contribution < 1.29 is 21.6 Å². The van der Waals surface area contributed by atoms with Gasteiger partial charge >= 0.3 is 6.18 Å². The van der Waals surface area contributed by atoms with E-state index in [1.165, 1.54) is 6.07 Å². The van der Waals surface area contributed by atoms with Crippen molar-refractivity contribution in [1.29, 1.82) is 0 Å². The normalized spacial score (nSPS) is 12.9. The van der Waals surface area contributed by atoms with Gasteiger partial charge in [0.2, 0.25) is 10.0 Å². The molecule has 0 bridgehead atoms. The van der Waals surface area contributed by atoms with Crippen LogP contribution >= 0.6 is 34.8 Å². The highest BCUT2D eigenvalue weighted by Crippen LogP contribution is 2.28. The molecule has 1 aromatic carbocycles. The first-order valence-corrected chi connectivity index (χ1v) is 7.89. The first kappa shape index (κ1) is 17.8. The van der Waals surface area contributed by atoms with Crippen LogP contribution in [0.5, 0.6) is 0 Å². The first-order chi connectivity index (χ1) is 9.08. The van der Waals surface area contributed by atoms with Crippen molar-refractivity contribution >= 4 is 44.8 Å². The van der Waals surface area contributed by atoms with E-state index in [1.807, 2.05) is 0 Å². The summed E-state index contributed by atoms with van der Waals surface area (Å²) in [4.78, 5) is -0.374. The highest BCUT2D eigenvalue weighted by molar-refractivity contribution is 7.89. The van der Waals surface area contributed by atoms with Crippen molar-refractivity contribution in [2.75, 3.05) is 19.0 Å². The van der Waals surface area contributed by atoms with Crippen LogP contribution in [-0.4, -0.2) is 37.9 Å². The van der Waals surface area contributed by atoms with E-state index in [-0.39, 0.29) is 25.1 Å². The van der Waals surface area contributed by atoms with Crippen LogP contribution in [0.2, 0.25) is 10.0 Å². The molecule has 0 N–H and O–H groups in total. The summed E-state index contributed by atoms with van der Waals surface area (Å²) in [6.45, 7) is -2.09. The number of hydrogen-bond acceptors (Lipinski definition) is 2. The average Bonchev–Trinajstić information content (AvgIpc) is 2.30. The lowest BCUT2D eigenvalue weighted by molar-refractivity contribution is -0.135. The zero-order chi connectivity index (χ0) is 15.6. The SMILES string of the molecule is O=S(=O)(c1ccc(Cl)c(Cl)c1)N(CCCl)CC(F)(F)F. The van der Waals surface area contributed by atoms with E-state index in [1.54, 1.807) is 0 Å². The Morgan fingerprint density at radius 3 is 2.20 bits per heavy atom. The number of sulfonamides is 1. The number of benzene rings is 1. The maximum atomic E-state index is 12.4. The summed E-state index contributed by atoms with van der Waals surface area (Å²) < 4.78 is 61.8. The van der Waals surface area contributed by atoms with E-state index in [9.17, 15) is 21.6 Å². The zero-order valence-electron chi connectivity index (χ0n) is 9.79. The molecule has 0 unspecified atom stereocenters. The van der Waals surface area contributed by atoms with E-state index < -0.39 is 29.3 Å². The highest BCUT2D eigenvalue weighted by atomic mass is 35.5. The summed E-state index contributed by atoms with van der Waals surface area (Å²) in [5, 5.41) is 0.0379. The summed E-state index contributed by atoms with van der Waals surface area (Å²) in [6, 6.07) is 3.28. The van der Waals surface area contributed by atoms with E-state index in [0.29, 0.717) is 0 Å². The van der Waals surface area contributed by atoms with Gasteiger partial charge in [-0.05, 0) is 18.2 Å². The number of rotatable bonds is 5. The lowest BCUT2D eigenvalue weighted by Gasteiger charge is -2.22. The van der Waals surface area contributed by atoms with E-state index in [4.69, 9.17) is 34.8 Å². The Labute approximate surface area is 129 Å². The lowest BCUT2D eigenvalue weighted by Crippen LogP contribution is -2.40. The molecule has 1 rings (SSSR count). The fraction of sp³-hybridized carbons (Fsp3) is 0.400. The maximum Gasteiger partial charge on any atom is 0.402 e. The molecule has 0 atom stereocenters. The van der Waals surface area contributed by atoms with Crippen LogP contribution in [0, 0.1) is 0 Å². The Bertz CT molecular complexity index is 578. The van der Waals surface area contributed by atoms with Crippen molar-refractivity contribution in [3.8, 4) is 0 Å². The molecule has 20 heavy (non-hydrogen) atoms. The second kappa shape index (κ2) is 6.70. The van der Waals surface area contributed by atoms with Crippen molar-refractivity contribution in [2.24, 2.45) is 0 Å². The van der Waals surface area contributed by atoms with Gasteiger partial charge in [-0.2, -0.15) is 17.5 Å². The average molecular weight is 371 g/mol. The van der Waals surface area contributed by atoms with Crippen molar-refractivity contribution in [1.82, 2.24) is 4.31 Å². The van der Waals surface area contributed by atoms with Crippen LogP contribution in [0.15, 0.2) is 23.1 Å². The van der Waals surface area contributed by atoms with E-state index in [2.05, 4.69) is 0 Å². The van der Waals surface area contributed by atoms with Gasteiger partial charge in [-0.3, -0.25) is 0 Å². The van der Waals surface area contributed by atoms with Gasteiger partial charge in [0.15, 0.2) is 0 Å². The van der Waals surface area contributed by atoms with Gasteiger partial charge in [0.1, 0.15) is 6.54 Å². The van der Waals surface area contributed by atoms with Crippen LogP contribution in [-0.2, 0) is 10.0 Å². The Balaban J connectivity index is 3.18. The molecule has 10 heteroatoms. The first-order valence-electron chi connectivity index (χ1n) is 5.16. The third-order valence-corrected chi connectivity index (χ3v) is 4.97. The van der Waals surface area contributed by atoms with Crippen LogP contribution in [0.25, 0.3) is 0 Å². The van der Waals surface area contributed by atoms with Crippen molar-refractivity contribution in [3.05, 3.63) is 28.2 Å². The van der Waals surface area contributed by atoms with Crippen molar-refractivity contribution in [2.45, 2.75) is 11.1 Å². The third-order valence-electron chi connectivity index (χ3n) is 2.22. The summed E-state index contributed by atoms with van der Waals surface area (Å²) in [7, 11) is -4.35. The molecule has 0 amide bonds. The third kappa shape index (κ3) is 4.66. The second-order valence-electron chi connectivity index (χ2n) is 3.72. The minimum absolute atomic E-state index is 0.0643. The monoisotopic (exact) mass is 369 g/mol. The molecule has 3 nitrogen and oxygen atoms in total. The minimum atomic E-state index is -4.67. The van der Waals surface area contributed by atoms with Gasteiger partial charge in [-0.1, -0.05) is 23.2 Å². The van der Waals surface area contributed by atoms with Crippen LogP contribution < -0.4 is 0 Å². The zero-order valence-corrected chi connectivity index (χ0v) is 12.9. The summed E-state index contributed by atoms with van der Waals surface area (Å²) in [6.07, 6.45) is -4.67. The van der Waals surface area contributed by atoms with E-state index in [0.717, 1.165) is 12.1 Å². The Kier molecular flexibility index (Phi) is 5.98. The van der Waals surface area contributed by atoms with Gasteiger partial charge in [0.05, 0.1) is 14.9 Å². The van der Waals surface area contributed by atoms with Crippen LogP contribution in [0.1, 0.15) is 0 Å². The summed E-state index contributed by atoms with van der Waals surface area (Å²) >= 11 is 16.7. The smallest absolute Gasteiger partial charge is 0.207 e. The molecule has 0 aliphatic carbocycles. The topological polar surface area (TPSA) is 37.4 Å². The quantitative estimate of drug-likeness (QED) is 0.740. The number of halogens is 6. The Morgan fingerprint density at radius 2 is 1.75 bits per heavy atom. The molecule has 0 fully saturated rings. The molecule has 0 aromatic heterocycles. The molecular formula is C10H9Cl3F3NO2S. The Morgan fingerprint density at radius 1 is 1.15 bits per heavy atom. The second-order valence-corrected chi connectivity index (χ2v) is 6.85. The molecule has 0 aliphatic heterocycles. The number of hydrogen-bond donors (Lipinski definition) is 0. The predicted molar refractivity (Wildman–Crippen MR) is 72.0 cm³/mol. The standard InChI is InChI=1S/C10H9Cl3F3NO2S/c11-3-4-17(6-10(14,15)16)20(18,19)7-1-2-8(12)9(13)5-7/h1-2,5H,3-4,6H2. The molecule has 0 saturated heterocycles.